The smallest absolute Gasteiger partial charge is 0.148 e. The summed E-state index contributed by atoms with van der Waals surface area (Å²) in [6, 6.07) is 0.685. The summed E-state index contributed by atoms with van der Waals surface area (Å²) in [5, 5.41) is 0.773. The number of carbonyl (C=O) groups is 1. The molecule has 2 nitrogen and oxygen atoms in total. The summed E-state index contributed by atoms with van der Waals surface area (Å²) < 4.78 is 0. The molecule has 0 spiro atoms. The topological polar surface area (TPSA) is 20.3 Å². The number of nitrogens with zero attached hydrogens (tertiary/aromatic N) is 1. The maximum absolute atomic E-state index is 11.2. The van der Waals surface area contributed by atoms with E-state index in [0.717, 1.165) is 24.8 Å². The van der Waals surface area contributed by atoms with E-state index >= 15 is 0 Å². The predicted octanol–water partition coefficient (Wildman–Crippen LogP) is 1.94. The molecule has 0 aromatic rings. The lowest BCUT2D eigenvalue weighted by Crippen LogP contribution is -2.42. The largest absolute Gasteiger partial charge is 0.298 e. The molecule has 1 aliphatic carbocycles. The van der Waals surface area contributed by atoms with E-state index in [0.29, 0.717) is 11.8 Å². The Balaban J connectivity index is 1.96. The third-order valence-corrected chi connectivity index (χ3v) is 4.65. The van der Waals surface area contributed by atoms with Crippen LogP contribution in [0.25, 0.3) is 0 Å². The zero-order chi connectivity index (χ0) is 9.97. The standard InChI is InChI=1S/C11H19NOS/c1-14-11-5-3-2-4-10(11)12-7-6-9(13)8-12/h10-11H,2-8H2,1H3. The molecular formula is C11H19NOS. The van der Waals surface area contributed by atoms with Crippen molar-refractivity contribution in [3.8, 4) is 0 Å². The van der Waals surface area contributed by atoms with Crippen LogP contribution in [0, 0.1) is 0 Å². The summed E-state index contributed by atoms with van der Waals surface area (Å²) in [5.41, 5.74) is 0. The van der Waals surface area contributed by atoms with E-state index in [1.165, 1.54) is 25.7 Å². The molecule has 1 saturated carbocycles. The van der Waals surface area contributed by atoms with Gasteiger partial charge in [-0.25, -0.2) is 0 Å². The van der Waals surface area contributed by atoms with Crippen molar-refractivity contribution >= 4 is 17.5 Å². The number of Topliss-reactive ketones (excluding diaryl/α,β-unsaturated/α-hetero) is 1. The number of carbonyl (C=O) groups excluding carboxylic acids is 1. The Hall–Kier alpha value is -0.0200. The van der Waals surface area contributed by atoms with Gasteiger partial charge in [-0.05, 0) is 19.1 Å². The van der Waals surface area contributed by atoms with Crippen LogP contribution in [-0.4, -0.2) is 41.3 Å². The maximum atomic E-state index is 11.2. The fourth-order valence-electron chi connectivity index (χ4n) is 2.71. The lowest BCUT2D eigenvalue weighted by Gasteiger charge is -2.36. The van der Waals surface area contributed by atoms with Crippen molar-refractivity contribution in [2.24, 2.45) is 0 Å². The number of rotatable bonds is 2. The first-order chi connectivity index (χ1) is 6.81. The van der Waals surface area contributed by atoms with E-state index < -0.39 is 0 Å². The molecule has 80 valence electrons. The lowest BCUT2D eigenvalue weighted by molar-refractivity contribution is -0.117. The van der Waals surface area contributed by atoms with Gasteiger partial charge in [0.2, 0.25) is 0 Å². The molecule has 3 heteroatoms. The fraction of sp³-hybridized carbons (Fsp3) is 0.909. The number of ketones is 1. The van der Waals surface area contributed by atoms with Crippen LogP contribution >= 0.6 is 11.8 Å². The number of thioether (sulfide) groups is 1. The number of likely N-dealkylation sites (tertiary alicyclic amines) is 1. The minimum atomic E-state index is 0.440. The van der Waals surface area contributed by atoms with Gasteiger partial charge in [-0.3, -0.25) is 9.69 Å². The van der Waals surface area contributed by atoms with Gasteiger partial charge in [0.25, 0.3) is 0 Å². The van der Waals surface area contributed by atoms with Crippen molar-refractivity contribution in [2.75, 3.05) is 19.3 Å². The summed E-state index contributed by atoms with van der Waals surface area (Å²) >= 11 is 1.99. The lowest BCUT2D eigenvalue weighted by atomic mass is 9.94. The molecule has 2 aliphatic rings. The summed E-state index contributed by atoms with van der Waals surface area (Å²) in [7, 11) is 0. The van der Waals surface area contributed by atoms with Gasteiger partial charge in [-0.1, -0.05) is 12.8 Å². The summed E-state index contributed by atoms with van der Waals surface area (Å²) in [4.78, 5) is 13.7. The van der Waals surface area contributed by atoms with Crippen LogP contribution in [0.15, 0.2) is 0 Å². The SMILES string of the molecule is CSC1CCCCC1N1CCC(=O)C1. The Morgan fingerprint density at radius 3 is 2.79 bits per heavy atom. The predicted molar refractivity (Wildman–Crippen MR) is 60.8 cm³/mol. The molecular weight excluding hydrogens is 194 g/mol. The van der Waals surface area contributed by atoms with Gasteiger partial charge in [-0.15, -0.1) is 0 Å². The summed E-state index contributed by atoms with van der Waals surface area (Å²) in [6.07, 6.45) is 8.38. The minimum Gasteiger partial charge on any atom is -0.298 e. The minimum absolute atomic E-state index is 0.440. The Bertz CT molecular complexity index is 219. The molecule has 1 saturated heterocycles. The Kier molecular flexibility index (Phi) is 3.50. The third-order valence-electron chi connectivity index (χ3n) is 3.50. The first kappa shape index (κ1) is 10.5. The number of hydrogen-bond acceptors (Lipinski definition) is 3. The van der Waals surface area contributed by atoms with Crippen molar-refractivity contribution in [1.29, 1.82) is 0 Å². The van der Waals surface area contributed by atoms with E-state index in [1.807, 2.05) is 11.8 Å². The van der Waals surface area contributed by atoms with Crippen molar-refractivity contribution in [3.05, 3.63) is 0 Å². The molecule has 2 unspecified atom stereocenters. The highest BCUT2D eigenvalue weighted by atomic mass is 32.2. The molecule has 0 aromatic heterocycles. The average Bonchev–Trinajstić information content (AvgIpc) is 2.65. The van der Waals surface area contributed by atoms with E-state index in [1.54, 1.807) is 0 Å². The molecule has 2 fully saturated rings. The third kappa shape index (κ3) is 2.14. The first-order valence-corrected chi connectivity index (χ1v) is 6.88. The van der Waals surface area contributed by atoms with Crippen LogP contribution in [0.5, 0.6) is 0 Å². The van der Waals surface area contributed by atoms with Crippen LogP contribution in [-0.2, 0) is 4.79 Å². The van der Waals surface area contributed by atoms with Gasteiger partial charge in [0.05, 0.1) is 6.54 Å². The van der Waals surface area contributed by atoms with Crippen LogP contribution < -0.4 is 0 Å². The second-order valence-corrected chi connectivity index (χ2v) is 5.46. The van der Waals surface area contributed by atoms with E-state index in [2.05, 4.69) is 11.2 Å². The maximum Gasteiger partial charge on any atom is 0.148 e. The van der Waals surface area contributed by atoms with Gasteiger partial charge in [0.15, 0.2) is 0 Å². The molecule has 0 bridgehead atoms. The van der Waals surface area contributed by atoms with Gasteiger partial charge in [-0.2, -0.15) is 11.8 Å². The van der Waals surface area contributed by atoms with Crippen molar-refractivity contribution in [2.45, 2.75) is 43.4 Å². The van der Waals surface area contributed by atoms with Crippen LogP contribution in [0.1, 0.15) is 32.1 Å². The van der Waals surface area contributed by atoms with Gasteiger partial charge in [0, 0.05) is 24.3 Å². The van der Waals surface area contributed by atoms with E-state index in [-0.39, 0.29) is 0 Å². The Labute approximate surface area is 90.4 Å². The van der Waals surface area contributed by atoms with Crippen molar-refractivity contribution < 1.29 is 4.79 Å². The van der Waals surface area contributed by atoms with Crippen LogP contribution in [0.3, 0.4) is 0 Å². The normalized spacial score (nSPS) is 35.1. The first-order valence-electron chi connectivity index (χ1n) is 5.60. The van der Waals surface area contributed by atoms with Crippen molar-refractivity contribution in [1.82, 2.24) is 4.90 Å². The molecule has 0 amide bonds. The van der Waals surface area contributed by atoms with Gasteiger partial charge in [0.1, 0.15) is 5.78 Å². The molecule has 1 heterocycles. The van der Waals surface area contributed by atoms with Crippen LogP contribution in [0.4, 0.5) is 0 Å². The van der Waals surface area contributed by atoms with E-state index in [4.69, 9.17) is 0 Å². The van der Waals surface area contributed by atoms with Gasteiger partial charge >= 0.3 is 0 Å². The Morgan fingerprint density at radius 2 is 2.14 bits per heavy atom. The van der Waals surface area contributed by atoms with Crippen molar-refractivity contribution in [3.63, 3.8) is 0 Å². The molecule has 2 rings (SSSR count). The molecule has 0 aromatic carbocycles. The monoisotopic (exact) mass is 213 g/mol. The molecule has 2 atom stereocenters. The molecule has 0 N–H and O–H groups in total. The second-order valence-electron chi connectivity index (χ2n) is 4.39. The second kappa shape index (κ2) is 4.67. The van der Waals surface area contributed by atoms with Gasteiger partial charge < -0.3 is 0 Å². The summed E-state index contributed by atoms with van der Waals surface area (Å²) in [5.74, 6) is 0.440. The number of hydrogen-bond donors (Lipinski definition) is 0. The van der Waals surface area contributed by atoms with Crippen LogP contribution in [0.2, 0.25) is 0 Å². The molecule has 1 aliphatic heterocycles. The highest BCUT2D eigenvalue weighted by Gasteiger charge is 2.33. The summed E-state index contributed by atoms with van der Waals surface area (Å²) in [6.45, 7) is 1.74. The zero-order valence-corrected chi connectivity index (χ0v) is 9.68. The average molecular weight is 213 g/mol. The molecule has 0 radical (unpaired) electrons. The fourth-order valence-corrected chi connectivity index (χ4v) is 3.73. The van der Waals surface area contributed by atoms with E-state index in [9.17, 15) is 4.79 Å². The molecule has 14 heavy (non-hydrogen) atoms. The highest BCUT2D eigenvalue weighted by Crippen LogP contribution is 2.31. The Morgan fingerprint density at radius 1 is 1.36 bits per heavy atom. The highest BCUT2D eigenvalue weighted by molar-refractivity contribution is 7.99. The quantitative estimate of drug-likeness (QED) is 0.699. The zero-order valence-electron chi connectivity index (χ0n) is 8.87.